The number of aromatic nitrogens is 2. The molecule has 0 aliphatic carbocycles. The highest BCUT2D eigenvalue weighted by Crippen LogP contribution is 2.15. The Bertz CT molecular complexity index is 947. The Labute approximate surface area is 144 Å². The van der Waals surface area contributed by atoms with Crippen LogP contribution in [0.1, 0.15) is 27.2 Å². The fraction of sp³-hybridized carbons (Fsp3) is 0.105. The van der Waals surface area contributed by atoms with E-state index in [1.807, 2.05) is 37.3 Å². The van der Waals surface area contributed by atoms with Crippen molar-refractivity contribution >= 4 is 17.5 Å². The fourth-order valence-electron chi connectivity index (χ4n) is 2.53. The van der Waals surface area contributed by atoms with Crippen molar-refractivity contribution in [1.82, 2.24) is 9.97 Å². The number of amides is 1. The van der Waals surface area contributed by atoms with Crippen LogP contribution in [0.2, 0.25) is 0 Å². The summed E-state index contributed by atoms with van der Waals surface area (Å²) in [4.78, 5) is 30.7. The van der Waals surface area contributed by atoms with Gasteiger partial charge in [0.2, 0.25) is 11.9 Å². The molecule has 0 aliphatic heterocycles. The van der Waals surface area contributed by atoms with E-state index < -0.39 is 5.91 Å². The van der Waals surface area contributed by atoms with Crippen LogP contribution in [-0.2, 0) is 6.42 Å². The molecule has 4 N–H and O–H groups in total. The lowest BCUT2D eigenvalue weighted by Gasteiger charge is -2.09. The topological polar surface area (TPSA) is 101 Å². The molecule has 6 nitrogen and oxygen atoms in total. The van der Waals surface area contributed by atoms with E-state index in [4.69, 9.17) is 5.73 Å². The van der Waals surface area contributed by atoms with Crippen molar-refractivity contribution in [1.29, 1.82) is 0 Å². The molecule has 3 rings (SSSR count). The first kappa shape index (κ1) is 16.4. The number of aryl methyl sites for hydroxylation is 1. The molecule has 0 fully saturated rings. The summed E-state index contributed by atoms with van der Waals surface area (Å²) in [5.41, 5.74) is 8.52. The number of hydrogen-bond donors (Lipinski definition) is 3. The molecule has 2 aromatic carbocycles. The number of H-pyrrole nitrogens is 1. The van der Waals surface area contributed by atoms with E-state index in [1.165, 1.54) is 0 Å². The summed E-state index contributed by atoms with van der Waals surface area (Å²) < 4.78 is 0. The average Bonchev–Trinajstić information content (AvgIpc) is 2.59. The monoisotopic (exact) mass is 334 g/mol. The summed E-state index contributed by atoms with van der Waals surface area (Å²) >= 11 is 0. The Morgan fingerprint density at radius 2 is 1.80 bits per heavy atom. The van der Waals surface area contributed by atoms with Gasteiger partial charge in [-0.3, -0.25) is 14.6 Å². The Morgan fingerprint density at radius 3 is 2.40 bits per heavy atom. The smallest absolute Gasteiger partial charge is 0.256 e. The van der Waals surface area contributed by atoms with Crippen molar-refractivity contribution in [3.63, 3.8) is 0 Å². The zero-order valence-electron chi connectivity index (χ0n) is 13.7. The van der Waals surface area contributed by atoms with Gasteiger partial charge in [-0.15, -0.1) is 0 Å². The van der Waals surface area contributed by atoms with Gasteiger partial charge in [0, 0.05) is 23.2 Å². The van der Waals surface area contributed by atoms with Gasteiger partial charge in [-0.1, -0.05) is 30.3 Å². The molecule has 0 bridgehead atoms. The summed E-state index contributed by atoms with van der Waals surface area (Å²) in [6.07, 6.45) is 0.530. The molecule has 0 unspecified atom stereocenters. The molecule has 3 aromatic rings. The Morgan fingerprint density at radius 1 is 1.12 bits per heavy atom. The average molecular weight is 334 g/mol. The minimum absolute atomic E-state index is 0.174. The maximum Gasteiger partial charge on any atom is 0.256 e. The molecule has 0 aliphatic rings. The van der Waals surface area contributed by atoms with Crippen LogP contribution in [0.3, 0.4) is 0 Å². The van der Waals surface area contributed by atoms with Gasteiger partial charge in [0.15, 0.2) is 0 Å². The van der Waals surface area contributed by atoms with E-state index in [-0.39, 0.29) is 5.56 Å². The normalized spacial score (nSPS) is 10.4. The number of nitrogens with one attached hydrogen (secondary N) is 2. The number of hydrogen-bond acceptors (Lipinski definition) is 4. The van der Waals surface area contributed by atoms with Gasteiger partial charge in [-0.05, 0) is 36.8 Å². The first-order valence-corrected chi connectivity index (χ1v) is 7.83. The number of primary amides is 1. The van der Waals surface area contributed by atoms with E-state index in [2.05, 4.69) is 15.3 Å². The van der Waals surface area contributed by atoms with Crippen LogP contribution in [0, 0.1) is 6.92 Å². The minimum Gasteiger partial charge on any atom is -0.366 e. The molecule has 0 atom stereocenters. The molecule has 6 heteroatoms. The van der Waals surface area contributed by atoms with E-state index in [0.29, 0.717) is 34.9 Å². The number of rotatable bonds is 5. The number of nitrogens with two attached hydrogens (primary N) is 1. The number of benzene rings is 2. The van der Waals surface area contributed by atoms with Crippen LogP contribution in [0.25, 0.3) is 0 Å². The first-order chi connectivity index (χ1) is 12.0. The van der Waals surface area contributed by atoms with Gasteiger partial charge >= 0.3 is 0 Å². The molecule has 0 spiro atoms. The lowest BCUT2D eigenvalue weighted by molar-refractivity contribution is 0.100. The first-order valence-electron chi connectivity index (χ1n) is 7.83. The summed E-state index contributed by atoms with van der Waals surface area (Å²) in [5, 5.41) is 3.02. The minimum atomic E-state index is -0.487. The number of aromatic amines is 1. The van der Waals surface area contributed by atoms with Gasteiger partial charge < -0.3 is 11.1 Å². The lowest BCUT2D eigenvalue weighted by Crippen LogP contribution is -2.18. The predicted molar refractivity (Wildman–Crippen MR) is 97.1 cm³/mol. The van der Waals surface area contributed by atoms with Crippen molar-refractivity contribution in [2.75, 3.05) is 5.32 Å². The SMILES string of the molecule is Cc1nc(Nc2ccc(C(N)=O)cc2)[nH]c(=O)c1Cc1ccccc1. The third-order valence-electron chi connectivity index (χ3n) is 3.88. The van der Waals surface area contributed by atoms with Gasteiger partial charge in [-0.2, -0.15) is 0 Å². The van der Waals surface area contributed by atoms with E-state index in [0.717, 1.165) is 5.56 Å². The third-order valence-corrected chi connectivity index (χ3v) is 3.88. The maximum absolute atomic E-state index is 12.4. The van der Waals surface area contributed by atoms with Crippen LogP contribution in [0.15, 0.2) is 59.4 Å². The van der Waals surface area contributed by atoms with Crippen molar-refractivity contribution in [2.45, 2.75) is 13.3 Å². The summed E-state index contributed by atoms with van der Waals surface area (Å²) in [6, 6.07) is 16.4. The molecule has 0 radical (unpaired) electrons. The lowest BCUT2D eigenvalue weighted by atomic mass is 10.1. The Hall–Kier alpha value is -3.41. The molecule has 1 heterocycles. The third kappa shape index (κ3) is 3.92. The van der Waals surface area contributed by atoms with E-state index >= 15 is 0 Å². The Kier molecular flexibility index (Phi) is 4.61. The standard InChI is InChI=1S/C19H18N4O2/c1-12-16(11-13-5-3-2-4-6-13)18(25)23-19(21-12)22-15-9-7-14(8-10-15)17(20)24/h2-10H,11H2,1H3,(H2,20,24)(H2,21,22,23,25). The van der Waals surface area contributed by atoms with Crippen molar-refractivity contribution in [3.8, 4) is 0 Å². The number of carbonyl (C=O) groups is 1. The van der Waals surface area contributed by atoms with E-state index in [1.54, 1.807) is 24.3 Å². The second kappa shape index (κ2) is 7.00. The quantitative estimate of drug-likeness (QED) is 0.667. The highest BCUT2D eigenvalue weighted by Gasteiger charge is 2.09. The molecular weight excluding hydrogens is 316 g/mol. The van der Waals surface area contributed by atoms with Crippen LogP contribution in [0.4, 0.5) is 11.6 Å². The number of carbonyl (C=O) groups excluding carboxylic acids is 1. The molecule has 0 saturated heterocycles. The molecule has 25 heavy (non-hydrogen) atoms. The number of nitrogens with zero attached hydrogens (tertiary/aromatic N) is 1. The molecular formula is C19H18N4O2. The molecule has 126 valence electrons. The largest absolute Gasteiger partial charge is 0.366 e. The van der Waals surface area contributed by atoms with Gasteiger partial charge in [0.05, 0.1) is 5.69 Å². The second-order valence-corrected chi connectivity index (χ2v) is 5.71. The maximum atomic E-state index is 12.4. The molecule has 0 saturated carbocycles. The van der Waals surface area contributed by atoms with Crippen LogP contribution in [0.5, 0.6) is 0 Å². The zero-order valence-corrected chi connectivity index (χ0v) is 13.7. The van der Waals surface area contributed by atoms with Gasteiger partial charge in [-0.25, -0.2) is 4.98 Å². The van der Waals surface area contributed by atoms with Crippen LogP contribution in [-0.4, -0.2) is 15.9 Å². The predicted octanol–water partition coefficient (Wildman–Crippen LogP) is 2.51. The van der Waals surface area contributed by atoms with Crippen molar-refractivity contribution < 1.29 is 4.79 Å². The summed E-state index contributed by atoms with van der Waals surface area (Å²) in [6.45, 7) is 1.81. The second-order valence-electron chi connectivity index (χ2n) is 5.71. The van der Waals surface area contributed by atoms with Gasteiger partial charge in [0.1, 0.15) is 0 Å². The molecule has 1 aromatic heterocycles. The van der Waals surface area contributed by atoms with Gasteiger partial charge in [0.25, 0.3) is 5.56 Å². The summed E-state index contributed by atoms with van der Waals surface area (Å²) in [5.74, 6) is -0.134. The zero-order chi connectivity index (χ0) is 17.8. The highest BCUT2D eigenvalue weighted by molar-refractivity contribution is 5.93. The van der Waals surface area contributed by atoms with E-state index in [9.17, 15) is 9.59 Å². The molecule has 1 amide bonds. The van der Waals surface area contributed by atoms with Crippen LogP contribution < -0.4 is 16.6 Å². The van der Waals surface area contributed by atoms with Crippen molar-refractivity contribution in [2.24, 2.45) is 5.73 Å². The fourth-order valence-corrected chi connectivity index (χ4v) is 2.53. The highest BCUT2D eigenvalue weighted by atomic mass is 16.1. The van der Waals surface area contributed by atoms with Crippen molar-refractivity contribution in [3.05, 3.63) is 87.3 Å². The number of anilines is 2. The van der Waals surface area contributed by atoms with Crippen LogP contribution >= 0.6 is 0 Å². The Balaban J connectivity index is 1.82. The summed E-state index contributed by atoms with van der Waals surface area (Å²) in [7, 11) is 0.